The molecule has 12 heteroatoms. The third-order valence-electron chi connectivity index (χ3n) is 3.71. The van der Waals surface area contributed by atoms with E-state index in [1.54, 1.807) is 18.2 Å². The second-order valence-electron chi connectivity index (χ2n) is 5.42. The molecular weight excluding hydrogens is 384 g/mol. The number of benzene rings is 1. The van der Waals surface area contributed by atoms with E-state index in [2.05, 4.69) is 26.1 Å². The van der Waals surface area contributed by atoms with Gasteiger partial charge in [-0.15, -0.1) is 0 Å². The summed E-state index contributed by atoms with van der Waals surface area (Å²) in [7, 11) is 2.96. The van der Waals surface area contributed by atoms with Crippen LogP contribution in [-0.2, 0) is 0 Å². The maximum atomic E-state index is 12.0. The lowest BCUT2D eigenvalue weighted by molar-refractivity contribution is -0.383. The molecule has 0 spiro atoms. The predicted octanol–water partition coefficient (Wildman–Crippen LogP) is 2.50. The predicted molar refractivity (Wildman–Crippen MR) is 101 cm³/mol. The lowest BCUT2D eigenvalue weighted by Crippen LogP contribution is -2.30. The molecule has 3 N–H and O–H groups in total. The highest BCUT2D eigenvalue weighted by atomic mass is 16.6. The van der Waals surface area contributed by atoms with E-state index in [0.717, 1.165) is 6.33 Å². The van der Waals surface area contributed by atoms with Gasteiger partial charge in [-0.2, -0.15) is 0 Å². The molecule has 0 saturated carbocycles. The lowest BCUT2D eigenvalue weighted by Gasteiger charge is -2.13. The van der Waals surface area contributed by atoms with Gasteiger partial charge in [0.15, 0.2) is 5.76 Å². The molecule has 0 aliphatic carbocycles. The third kappa shape index (κ3) is 4.32. The van der Waals surface area contributed by atoms with Crippen LogP contribution in [0.3, 0.4) is 0 Å². The molecule has 2 aromatic heterocycles. The van der Waals surface area contributed by atoms with Gasteiger partial charge < -0.3 is 19.2 Å². The molecule has 0 unspecified atom stereocenters. The van der Waals surface area contributed by atoms with Crippen LogP contribution in [0.4, 0.5) is 23.0 Å². The molecule has 0 aliphatic rings. The molecular formula is C17H16N6O6. The fourth-order valence-electron chi connectivity index (χ4n) is 2.35. The number of aromatic nitrogens is 2. The van der Waals surface area contributed by atoms with Crippen molar-refractivity contribution in [2.24, 2.45) is 0 Å². The first-order valence-corrected chi connectivity index (χ1v) is 8.11. The summed E-state index contributed by atoms with van der Waals surface area (Å²) in [6, 6.07) is 7.86. The molecule has 1 aromatic carbocycles. The summed E-state index contributed by atoms with van der Waals surface area (Å²) in [5.74, 6) is -0.00154. The zero-order valence-electron chi connectivity index (χ0n) is 15.3. The molecule has 12 nitrogen and oxygen atoms in total. The Morgan fingerprint density at radius 2 is 1.97 bits per heavy atom. The monoisotopic (exact) mass is 400 g/mol. The average molecular weight is 400 g/mol. The Balaban J connectivity index is 1.87. The number of carbonyl (C=O) groups excluding carboxylic acids is 1. The van der Waals surface area contributed by atoms with Crippen molar-refractivity contribution in [1.82, 2.24) is 15.4 Å². The molecule has 0 atom stereocenters. The summed E-state index contributed by atoms with van der Waals surface area (Å²) in [4.78, 5) is 30.7. The van der Waals surface area contributed by atoms with Gasteiger partial charge >= 0.3 is 11.6 Å². The number of amides is 1. The number of carbonyl (C=O) groups is 1. The molecule has 3 rings (SSSR count). The number of furan rings is 1. The lowest BCUT2D eigenvalue weighted by atomic mass is 10.2. The first-order chi connectivity index (χ1) is 14.0. The number of hydrogen-bond donors (Lipinski definition) is 3. The van der Waals surface area contributed by atoms with Crippen molar-refractivity contribution >= 4 is 28.9 Å². The van der Waals surface area contributed by atoms with Gasteiger partial charge in [0, 0.05) is 6.07 Å². The van der Waals surface area contributed by atoms with Crippen LogP contribution in [0, 0.1) is 10.1 Å². The summed E-state index contributed by atoms with van der Waals surface area (Å²) in [6.45, 7) is 0. The van der Waals surface area contributed by atoms with Crippen LogP contribution in [0.1, 0.15) is 10.6 Å². The first-order valence-electron chi connectivity index (χ1n) is 8.11. The van der Waals surface area contributed by atoms with Crippen molar-refractivity contribution < 1.29 is 23.6 Å². The minimum atomic E-state index is -0.681. The highest BCUT2D eigenvalue weighted by molar-refractivity contribution is 5.92. The number of hydrogen-bond acceptors (Lipinski definition) is 10. The van der Waals surface area contributed by atoms with E-state index in [4.69, 9.17) is 13.9 Å². The van der Waals surface area contributed by atoms with Gasteiger partial charge in [0.1, 0.15) is 17.8 Å². The van der Waals surface area contributed by atoms with E-state index in [0.29, 0.717) is 17.2 Å². The number of nitrogens with one attached hydrogen (secondary N) is 3. The smallest absolute Gasteiger partial charge is 0.355 e. The Bertz CT molecular complexity index is 1020. The van der Waals surface area contributed by atoms with Gasteiger partial charge in [-0.25, -0.2) is 9.97 Å². The van der Waals surface area contributed by atoms with Gasteiger partial charge in [0.25, 0.3) is 0 Å². The largest absolute Gasteiger partial charge is 0.497 e. The number of ether oxygens (including phenoxy) is 2. The maximum Gasteiger partial charge on any atom is 0.355 e. The van der Waals surface area contributed by atoms with Gasteiger partial charge in [0.2, 0.25) is 11.6 Å². The number of hydrazine groups is 1. The van der Waals surface area contributed by atoms with Gasteiger partial charge in [-0.1, -0.05) is 0 Å². The van der Waals surface area contributed by atoms with E-state index in [-0.39, 0.29) is 17.4 Å². The zero-order chi connectivity index (χ0) is 20.8. The van der Waals surface area contributed by atoms with Crippen molar-refractivity contribution in [1.29, 1.82) is 0 Å². The molecule has 2 heterocycles. The van der Waals surface area contributed by atoms with Gasteiger partial charge in [0.05, 0.1) is 31.1 Å². The topological polar surface area (TPSA) is 154 Å². The molecule has 3 aromatic rings. The third-order valence-corrected chi connectivity index (χ3v) is 3.71. The van der Waals surface area contributed by atoms with Crippen molar-refractivity contribution in [3.05, 3.63) is 58.8 Å². The summed E-state index contributed by atoms with van der Waals surface area (Å²) in [6.07, 6.45) is 2.43. The van der Waals surface area contributed by atoms with Crippen molar-refractivity contribution in [3.8, 4) is 11.5 Å². The maximum absolute atomic E-state index is 12.0. The Hall–Kier alpha value is -4.35. The van der Waals surface area contributed by atoms with Crippen LogP contribution in [0.25, 0.3) is 0 Å². The Morgan fingerprint density at radius 3 is 2.62 bits per heavy atom. The van der Waals surface area contributed by atoms with Crippen LogP contribution in [0.2, 0.25) is 0 Å². The standard InChI is InChI=1S/C17H16N6O6/c1-27-10-5-6-11(13(8-10)28-2)20-15-14(23(25)26)16(19-9-18-15)21-22-17(24)12-4-3-7-29-12/h3-9H,1-2H3,(H,22,24)(H2,18,19,20,21). The first kappa shape index (κ1) is 19.4. The van der Waals surface area contributed by atoms with E-state index >= 15 is 0 Å². The summed E-state index contributed by atoms with van der Waals surface area (Å²) in [5, 5.41) is 14.5. The summed E-state index contributed by atoms with van der Waals surface area (Å²) < 4.78 is 15.4. The van der Waals surface area contributed by atoms with Gasteiger partial charge in [-0.3, -0.25) is 25.8 Å². The van der Waals surface area contributed by atoms with Crippen LogP contribution in [-0.4, -0.2) is 35.0 Å². The highest BCUT2D eigenvalue weighted by Gasteiger charge is 2.24. The Morgan fingerprint density at radius 1 is 1.17 bits per heavy atom. The number of nitrogens with zero attached hydrogens (tertiary/aromatic N) is 3. The number of nitro groups is 1. The van der Waals surface area contributed by atoms with Crippen molar-refractivity contribution in [3.63, 3.8) is 0 Å². The Labute approximate surface area is 164 Å². The summed E-state index contributed by atoms with van der Waals surface area (Å²) >= 11 is 0. The van der Waals surface area contributed by atoms with Crippen molar-refractivity contribution in [2.45, 2.75) is 0 Å². The second kappa shape index (κ2) is 8.56. The number of methoxy groups -OCH3 is 2. The van der Waals surface area contributed by atoms with Crippen LogP contribution >= 0.6 is 0 Å². The molecule has 0 radical (unpaired) electrons. The highest BCUT2D eigenvalue weighted by Crippen LogP contribution is 2.35. The average Bonchev–Trinajstić information content (AvgIpc) is 3.27. The molecule has 0 fully saturated rings. The van der Waals surface area contributed by atoms with E-state index in [9.17, 15) is 14.9 Å². The number of anilines is 3. The molecule has 0 bridgehead atoms. The van der Waals surface area contributed by atoms with E-state index in [1.165, 1.54) is 32.6 Å². The summed E-state index contributed by atoms with van der Waals surface area (Å²) in [5.41, 5.74) is 4.63. The van der Waals surface area contributed by atoms with Crippen molar-refractivity contribution in [2.75, 3.05) is 25.0 Å². The molecule has 0 aliphatic heterocycles. The number of rotatable bonds is 8. The minimum Gasteiger partial charge on any atom is -0.497 e. The molecule has 1 amide bonds. The fourth-order valence-corrected chi connectivity index (χ4v) is 2.35. The van der Waals surface area contributed by atoms with Crippen LogP contribution < -0.4 is 25.6 Å². The minimum absolute atomic E-state index is 0.0236. The zero-order valence-corrected chi connectivity index (χ0v) is 15.3. The second-order valence-corrected chi connectivity index (χ2v) is 5.42. The van der Waals surface area contributed by atoms with Crippen LogP contribution in [0.15, 0.2) is 47.3 Å². The fraction of sp³-hybridized carbons (Fsp3) is 0.118. The SMILES string of the molecule is COc1ccc(Nc2ncnc(NNC(=O)c3ccco3)c2[N+](=O)[O-])c(OC)c1. The van der Waals surface area contributed by atoms with Gasteiger partial charge in [-0.05, 0) is 24.3 Å². The normalized spacial score (nSPS) is 10.1. The van der Waals surface area contributed by atoms with E-state index < -0.39 is 16.5 Å². The van der Waals surface area contributed by atoms with Crippen LogP contribution in [0.5, 0.6) is 11.5 Å². The quantitative estimate of drug-likeness (QED) is 0.379. The Kier molecular flexibility index (Phi) is 5.73. The molecule has 29 heavy (non-hydrogen) atoms. The molecule has 0 saturated heterocycles. The van der Waals surface area contributed by atoms with E-state index in [1.807, 2.05) is 0 Å². The molecule has 150 valence electrons.